The van der Waals surface area contributed by atoms with Gasteiger partial charge in [-0.05, 0) is 12.8 Å². The summed E-state index contributed by atoms with van der Waals surface area (Å²) in [5.74, 6) is 0.772. The molecule has 106 valence electrons. The van der Waals surface area contributed by atoms with Gasteiger partial charge in [-0.15, -0.1) is 0 Å². The van der Waals surface area contributed by atoms with Crippen LogP contribution in [-0.4, -0.2) is 46.1 Å². The Labute approximate surface area is 115 Å². The predicted molar refractivity (Wildman–Crippen MR) is 73.0 cm³/mol. The SMILES string of the molecule is COC(=O)C1CCN(c2nc(N)nc3nc[nH]c23)CC1. The predicted octanol–water partition coefficient (Wildman–Crippen LogP) is 0.324. The van der Waals surface area contributed by atoms with E-state index in [2.05, 4.69) is 24.8 Å². The number of rotatable bonds is 2. The van der Waals surface area contributed by atoms with Crippen molar-refractivity contribution in [3.63, 3.8) is 0 Å². The second-order valence-electron chi connectivity index (χ2n) is 4.79. The van der Waals surface area contributed by atoms with Gasteiger partial charge < -0.3 is 20.4 Å². The monoisotopic (exact) mass is 276 g/mol. The van der Waals surface area contributed by atoms with Gasteiger partial charge in [0.1, 0.15) is 5.52 Å². The van der Waals surface area contributed by atoms with Gasteiger partial charge in [-0.1, -0.05) is 0 Å². The molecule has 3 N–H and O–H groups in total. The van der Waals surface area contributed by atoms with Gasteiger partial charge in [-0.25, -0.2) is 4.98 Å². The highest BCUT2D eigenvalue weighted by atomic mass is 16.5. The Morgan fingerprint density at radius 1 is 1.45 bits per heavy atom. The molecule has 20 heavy (non-hydrogen) atoms. The number of nitrogens with zero attached hydrogens (tertiary/aromatic N) is 4. The molecule has 0 spiro atoms. The maximum atomic E-state index is 11.5. The molecule has 8 heteroatoms. The zero-order valence-corrected chi connectivity index (χ0v) is 11.2. The third kappa shape index (κ3) is 2.13. The van der Waals surface area contributed by atoms with Crippen LogP contribution in [0.3, 0.4) is 0 Å². The van der Waals surface area contributed by atoms with Gasteiger partial charge in [0.25, 0.3) is 0 Å². The van der Waals surface area contributed by atoms with Crippen LogP contribution < -0.4 is 10.6 Å². The van der Waals surface area contributed by atoms with Crippen LogP contribution in [-0.2, 0) is 9.53 Å². The molecule has 0 amide bonds. The van der Waals surface area contributed by atoms with Gasteiger partial charge in [0.2, 0.25) is 5.95 Å². The molecule has 8 nitrogen and oxygen atoms in total. The topological polar surface area (TPSA) is 110 Å². The third-order valence-corrected chi connectivity index (χ3v) is 3.61. The van der Waals surface area contributed by atoms with E-state index in [1.165, 1.54) is 7.11 Å². The Hall–Kier alpha value is -2.38. The average Bonchev–Trinajstić information content (AvgIpc) is 2.94. The Bertz CT molecular complexity index is 632. The normalized spacial score (nSPS) is 16.6. The van der Waals surface area contributed by atoms with Crippen molar-refractivity contribution in [1.29, 1.82) is 0 Å². The first-order valence-corrected chi connectivity index (χ1v) is 6.48. The van der Waals surface area contributed by atoms with E-state index in [1.54, 1.807) is 6.33 Å². The Kier molecular flexibility index (Phi) is 3.13. The fourth-order valence-corrected chi connectivity index (χ4v) is 2.56. The molecular weight excluding hydrogens is 260 g/mol. The van der Waals surface area contributed by atoms with E-state index in [1.807, 2.05) is 0 Å². The van der Waals surface area contributed by atoms with Crippen molar-refractivity contribution in [3.8, 4) is 0 Å². The number of carbonyl (C=O) groups is 1. The maximum Gasteiger partial charge on any atom is 0.308 e. The Morgan fingerprint density at radius 3 is 2.90 bits per heavy atom. The minimum atomic E-state index is -0.140. The van der Waals surface area contributed by atoms with Crippen molar-refractivity contribution in [3.05, 3.63) is 6.33 Å². The van der Waals surface area contributed by atoms with Crippen LogP contribution in [0.5, 0.6) is 0 Å². The Balaban J connectivity index is 1.83. The van der Waals surface area contributed by atoms with Crippen LogP contribution in [0.1, 0.15) is 12.8 Å². The van der Waals surface area contributed by atoms with Crippen molar-refractivity contribution in [2.75, 3.05) is 30.8 Å². The molecule has 0 unspecified atom stereocenters. The van der Waals surface area contributed by atoms with E-state index in [0.717, 1.165) is 37.3 Å². The molecule has 1 aliphatic rings. The second-order valence-corrected chi connectivity index (χ2v) is 4.79. The number of ether oxygens (including phenoxy) is 1. The minimum Gasteiger partial charge on any atom is -0.469 e. The number of hydrogen-bond acceptors (Lipinski definition) is 7. The summed E-state index contributed by atoms with van der Waals surface area (Å²) >= 11 is 0. The molecule has 0 atom stereocenters. The lowest BCUT2D eigenvalue weighted by molar-refractivity contribution is -0.146. The van der Waals surface area contributed by atoms with Gasteiger partial charge in [-0.2, -0.15) is 9.97 Å². The van der Waals surface area contributed by atoms with Crippen LogP contribution in [0.25, 0.3) is 11.2 Å². The van der Waals surface area contributed by atoms with E-state index < -0.39 is 0 Å². The number of aromatic amines is 1. The fourth-order valence-electron chi connectivity index (χ4n) is 2.56. The van der Waals surface area contributed by atoms with Crippen LogP contribution in [0.4, 0.5) is 11.8 Å². The van der Waals surface area contributed by atoms with E-state index in [4.69, 9.17) is 10.5 Å². The molecule has 0 bridgehead atoms. The van der Waals surface area contributed by atoms with E-state index >= 15 is 0 Å². The van der Waals surface area contributed by atoms with Gasteiger partial charge >= 0.3 is 5.97 Å². The number of piperidine rings is 1. The average molecular weight is 276 g/mol. The molecule has 0 aromatic carbocycles. The smallest absolute Gasteiger partial charge is 0.308 e. The summed E-state index contributed by atoms with van der Waals surface area (Å²) in [5, 5.41) is 0. The molecule has 2 aromatic heterocycles. The molecule has 2 aromatic rings. The van der Waals surface area contributed by atoms with Crippen molar-refractivity contribution in [2.24, 2.45) is 5.92 Å². The standard InChI is InChI=1S/C12H16N6O2/c1-20-11(19)7-2-4-18(5-3-7)10-8-9(15-6-14-8)16-12(13)17-10/h6-7H,2-5H2,1H3,(H3,13,14,15,16,17). The zero-order chi connectivity index (χ0) is 14.1. The molecule has 1 saturated heterocycles. The number of nitrogens with two attached hydrogens (primary N) is 1. The number of esters is 1. The molecule has 1 aliphatic heterocycles. The van der Waals surface area contributed by atoms with E-state index in [0.29, 0.717) is 5.65 Å². The summed E-state index contributed by atoms with van der Waals surface area (Å²) in [6.07, 6.45) is 3.06. The first-order valence-electron chi connectivity index (χ1n) is 6.48. The molecular formula is C12H16N6O2. The molecule has 0 radical (unpaired) electrons. The highest BCUT2D eigenvalue weighted by Crippen LogP contribution is 2.27. The summed E-state index contributed by atoms with van der Waals surface area (Å²) in [7, 11) is 1.42. The summed E-state index contributed by atoms with van der Waals surface area (Å²) in [4.78, 5) is 29.1. The summed E-state index contributed by atoms with van der Waals surface area (Å²) in [5.41, 5.74) is 7.04. The Morgan fingerprint density at radius 2 is 2.20 bits per heavy atom. The lowest BCUT2D eigenvalue weighted by Gasteiger charge is -2.31. The number of imidazole rings is 1. The number of H-pyrrole nitrogens is 1. The largest absolute Gasteiger partial charge is 0.469 e. The molecule has 0 aliphatic carbocycles. The van der Waals surface area contributed by atoms with E-state index in [-0.39, 0.29) is 17.8 Å². The fraction of sp³-hybridized carbons (Fsp3) is 0.500. The van der Waals surface area contributed by atoms with Crippen LogP contribution in [0.2, 0.25) is 0 Å². The number of anilines is 2. The van der Waals surface area contributed by atoms with Crippen LogP contribution in [0, 0.1) is 5.92 Å². The minimum absolute atomic E-state index is 0.0345. The maximum absolute atomic E-state index is 11.5. The van der Waals surface area contributed by atoms with Crippen molar-refractivity contribution in [1.82, 2.24) is 19.9 Å². The highest BCUT2D eigenvalue weighted by Gasteiger charge is 2.27. The van der Waals surface area contributed by atoms with Crippen LogP contribution >= 0.6 is 0 Å². The van der Waals surface area contributed by atoms with Crippen molar-refractivity contribution >= 4 is 28.9 Å². The van der Waals surface area contributed by atoms with Crippen molar-refractivity contribution in [2.45, 2.75) is 12.8 Å². The number of nitrogen functional groups attached to an aromatic ring is 1. The number of methoxy groups -OCH3 is 1. The second kappa shape index (κ2) is 4.95. The molecule has 0 saturated carbocycles. The quantitative estimate of drug-likeness (QED) is 0.760. The van der Waals surface area contributed by atoms with Gasteiger partial charge in [-0.3, -0.25) is 4.79 Å². The number of nitrogens with one attached hydrogen (secondary N) is 1. The van der Waals surface area contributed by atoms with Crippen LogP contribution in [0.15, 0.2) is 6.33 Å². The number of aromatic nitrogens is 4. The summed E-state index contributed by atoms with van der Waals surface area (Å²) in [6, 6.07) is 0. The van der Waals surface area contributed by atoms with Gasteiger partial charge in [0.15, 0.2) is 11.5 Å². The lowest BCUT2D eigenvalue weighted by Crippen LogP contribution is -2.37. The number of hydrogen-bond donors (Lipinski definition) is 2. The highest BCUT2D eigenvalue weighted by molar-refractivity contribution is 5.84. The number of fused-ring (bicyclic) bond motifs is 1. The van der Waals surface area contributed by atoms with Gasteiger partial charge in [0, 0.05) is 13.1 Å². The zero-order valence-electron chi connectivity index (χ0n) is 11.2. The lowest BCUT2D eigenvalue weighted by atomic mass is 9.97. The first-order chi connectivity index (χ1) is 9.69. The molecule has 3 rings (SSSR count). The molecule has 1 fully saturated rings. The molecule has 3 heterocycles. The first kappa shape index (κ1) is 12.6. The van der Waals surface area contributed by atoms with E-state index in [9.17, 15) is 4.79 Å². The summed E-state index contributed by atoms with van der Waals surface area (Å²) < 4.78 is 4.79. The summed E-state index contributed by atoms with van der Waals surface area (Å²) in [6.45, 7) is 1.45. The van der Waals surface area contributed by atoms with Gasteiger partial charge in [0.05, 0.1) is 19.4 Å². The third-order valence-electron chi connectivity index (χ3n) is 3.61. The van der Waals surface area contributed by atoms with Crippen molar-refractivity contribution < 1.29 is 9.53 Å². The number of carbonyl (C=O) groups excluding carboxylic acids is 1.